The molecule has 0 aromatic heterocycles. The van der Waals surface area contributed by atoms with Gasteiger partial charge in [0, 0.05) is 12.0 Å². The van der Waals surface area contributed by atoms with Gasteiger partial charge in [-0.05, 0) is 18.2 Å². The van der Waals surface area contributed by atoms with Gasteiger partial charge in [-0.1, -0.05) is 0 Å². The summed E-state index contributed by atoms with van der Waals surface area (Å²) in [5.74, 6) is 1.47. The maximum atomic E-state index is 10.0. The summed E-state index contributed by atoms with van der Waals surface area (Å²) < 4.78 is 9.98. The van der Waals surface area contributed by atoms with E-state index >= 15 is 0 Å². The molecule has 0 bridgehead atoms. The van der Waals surface area contributed by atoms with Crippen LogP contribution < -0.4 is 9.47 Å². The fourth-order valence-electron chi connectivity index (χ4n) is 1.29. The van der Waals surface area contributed by atoms with Gasteiger partial charge in [-0.2, -0.15) is 0 Å². The van der Waals surface area contributed by atoms with E-state index in [0.717, 1.165) is 24.3 Å². The van der Waals surface area contributed by atoms with E-state index < -0.39 is 0 Å². The van der Waals surface area contributed by atoms with E-state index in [-0.39, 0.29) is 0 Å². The van der Waals surface area contributed by atoms with Gasteiger partial charge in [-0.3, -0.25) is 4.79 Å². The summed E-state index contributed by atoms with van der Waals surface area (Å²) in [5.41, 5.74) is 1.11. The second-order valence-electron chi connectivity index (χ2n) is 2.58. The molecule has 1 aliphatic heterocycles. The lowest BCUT2D eigenvalue weighted by atomic mass is 10.2. The molecule has 0 spiro atoms. The fraction of sp³-hybridized carbons (Fsp3) is 0.222. The molecule has 0 saturated heterocycles. The third kappa shape index (κ3) is 1.13. The smallest absolute Gasteiger partial charge is 0.298 e. The quantitative estimate of drug-likeness (QED) is 0.615. The van der Waals surface area contributed by atoms with Crippen LogP contribution in [0.3, 0.4) is 0 Å². The minimum absolute atomic E-state index is 0.428. The Morgan fingerprint density at radius 2 is 2.42 bits per heavy atom. The lowest BCUT2D eigenvalue weighted by molar-refractivity contribution is -0.120. The van der Waals surface area contributed by atoms with Crippen molar-refractivity contribution in [3.8, 4) is 11.5 Å². The Labute approximate surface area is 69.9 Å². The molecule has 12 heavy (non-hydrogen) atoms. The van der Waals surface area contributed by atoms with Crippen LogP contribution in [-0.4, -0.2) is 13.1 Å². The number of hydrogen-bond acceptors (Lipinski definition) is 3. The standard InChI is InChI=1S/C9H8O3/c10-6-12-8-1-2-9-7(5-8)3-4-11-9/h1-2,5-6H,3-4H2. The van der Waals surface area contributed by atoms with Crippen LogP contribution in [0.4, 0.5) is 0 Å². The first-order valence-corrected chi connectivity index (χ1v) is 3.76. The molecular weight excluding hydrogens is 156 g/mol. The van der Waals surface area contributed by atoms with E-state index in [1.165, 1.54) is 0 Å². The molecule has 0 fully saturated rings. The third-order valence-corrected chi connectivity index (χ3v) is 1.85. The lowest BCUT2D eigenvalue weighted by Gasteiger charge is -2.00. The maximum Gasteiger partial charge on any atom is 0.298 e. The van der Waals surface area contributed by atoms with Crippen molar-refractivity contribution in [1.82, 2.24) is 0 Å². The molecule has 1 heterocycles. The Bertz CT molecular complexity index is 307. The number of carbonyl (C=O) groups excluding carboxylic acids is 1. The predicted octanol–water partition coefficient (Wildman–Crippen LogP) is 1.16. The van der Waals surface area contributed by atoms with Crippen LogP contribution in [0.1, 0.15) is 5.56 Å². The maximum absolute atomic E-state index is 10.0. The van der Waals surface area contributed by atoms with Crippen molar-refractivity contribution < 1.29 is 14.3 Å². The number of fused-ring (bicyclic) bond motifs is 1. The van der Waals surface area contributed by atoms with Crippen LogP contribution in [0, 0.1) is 0 Å². The van der Waals surface area contributed by atoms with Crippen LogP contribution in [0.2, 0.25) is 0 Å². The molecule has 2 rings (SSSR count). The van der Waals surface area contributed by atoms with Gasteiger partial charge in [-0.15, -0.1) is 0 Å². The SMILES string of the molecule is O=COc1ccc2c(c1)CCO2. The summed E-state index contributed by atoms with van der Waals surface area (Å²) in [5, 5.41) is 0. The van der Waals surface area contributed by atoms with Crippen LogP contribution in [0.5, 0.6) is 11.5 Å². The van der Waals surface area contributed by atoms with Crippen molar-refractivity contribution in [1.29, 1.82) is 0 Å². The van der Waals surface area contributed by atoms with Crippen molar-refractivity contribution in [3.63, 3.8) is 0 Å². The average Bonchev–Trinajstić information content (AvgIpc) is 2.51. The number of rotatable bonds is 2. The largest absolute Gasteiger partial charge is 0.493 e. The Kier molecular flexibility index (Phi) is 1.70. The first-order valence-electron chi connectivity index (χ1n) is 3.76. The zero-order valence-electron chi connectivity index (χ0n) is 6.45. The number of benzene rings is 1. The van der Waals surface area contributed by atoms with Crippen LogP contribution in [0.25, 0.3) is 0 Å². The van der Waals surface area contributed by atoms with Crippen molar-refractivity contribution in [3.05, 3.63) is 23.8 Å². The Balaban J connectivity index is 2.32. The third-order valence-electron chi connectivity index (χ3n) is 1.85. The Hall–Kier alpha value is -1.51. The van der Waals surface area contributed by atoms with E-state index in [1.807, 2.05) is 12.1 Å². The molecular formula is C9H8O3. The molecule has 1 aromatic rings. The summed E-state index contributed by atoms with van der Waals surface area (Å²) in [6.45, 7) is 1.15. The zero-order valence-corrected chi connectivity index (χ0v) is 6.45. The topological polar surface area (TPSA) is 35.5 Å². The molecule has 0 saturated carbocycles. The number of hydrogen-bond donors (Lipinski definition) is 0. The minimum Gasteiger partial charge on any atom is -0.493 e. The van der Waals surface area contributed by atoms with Crippen molar-refractivity contribution in [2.75, 3.05) is 6.61 Å². The molecule has 0 atom stereocenters. The van der Waals surface area contributed by atoms with Crippen LogP contribution in [-0.2, 0) is 11.2 Å². The molecule has 0 unspecified atom stereocenters. The van der Waals surface area contributed by atoms with Gasteiger partial charge in [-0.25, -0.2) is 0 Å². The highest BCUT2D eigenvalue weighted by Crippen LogP contribution is 2.28. The van der Waals surface area contributed by atoms with Gasteiger partial charge < -0.3 is 9.47 Å². The van der Waals surface area contributed by atoms with E-state index in [9.17, 15) is 4.79 Å². The van der Waals surface area contributed by atoms with Crippen molar-refractivity contribution in [2.45, 2.75) is 6.42 Å². The number of ether oxygens (including phenoxy) is 2. The second kappa shape index (κ2) is 2.85. The molecule has 3 heteroatoms. The van der Waals surface area contributed by atoms with Gasteiger partial charge in [0.2, 0.25) is 0 Å². The summed E-state index contributed by atoms with van der Waals surface area (Å²) in [7, 11) is 0. The molecule has 62 valence electrons. The summed E-state index contributed by atoms with van der Waals surface area (Å²) in [4.78, 5) is 10.0. The molecule has 0 radical (unpaired) electrons. The van der Waals surface area contributed by atoms with E-state index in [1.54, 1.807) is 6.07 Å². The highest BCUT2D eigenvalue weighted by Gasteiger charge is 2.11. The first kappa shape index (κ1) is 7.16. The Morgan fingerprint density at radius 1 is 1.50 bits per heavy atom. The lowest BCUT2D eigenvalue weighted by Crippen LogP contribution is -1.88. The van der Waals surface area contributed by atoms with Gasteiger partial charge in [0.15, 0.2) is 0 Å². The summed E-state index contributed by atoms with van der Waals surface area (Å²) in [6.07, 6.45) is 0.894. The molecule has 1 aliphatic rings. The molecule has 0 aliphatic carbocycles. The molecule has 0 N–H and O–H groups in total. The van der Waals surface area contributed by atoms with Gasteiger partial charge >= 0.3 is 0 Å². The normalized spacial score (nSPS) is 13.3. The zero-order chi connectivity index (χ0) is 8.39. The minimum atomic E-state index is 0.428. The van der Waals surface area contributed by atoms with Gasteiger partial charge in [0.25, 0.3) is 6.47 Å². The van der Waals surface area contributed by atoms with Crippen molar-refractivity contribution in [2.24, 2.45) is 0 Å². The number of carbonyl (C=O) groups is 1. The second-order valence-corrected chi connectivity index (χ2v) is 2.58. The first-order chi connectivity index (χ1) is 5.90. The summed E-state index contributed by atoms with van der Waals surface area (Å²) in [6, 6.07) is 5.37. The van der Waals surface area contributed by atoms with Gasteiger partial charge in [0.1, 0.15) is 11.5 Å². The molecule has 1 aromatic carbocycles. The van der Waals surface area contributed by atoms with Crippen LogP contribution >= 0.6 is 0 Å². The highest BCUT2D eigenvalue weighted by molar-refractivity contribution is 5.49. The van der Waals surface area contributed by atoms with E-state index in [2.05, 4.69) is 0 Å². The monoisotopic (exact) mass is 164 g/mol. The van der Waals surface area contributed by atoms with Gasteiger partial charge in [0.05, 0.1) is 6.61 Å². The predicted molar refractivity (Wildman–Crippen MR) is 42.3 cm³/mol. The fourth-order valence-corrected chi connectivity index (χ4v) is 1.29. The van der Waals surface area contributed by atoms with Crippen molar-refractivity contribution >= 4 is 6.47 Å². The average molecular weight is 164 g/mol. The molecule has 3 nitrogen and oxygen atoms in total. The Morgan fingerprint density at radius 3 is 3.25 bits per heavy atom. The van der Waals surface area contributed by atoms with Crippen LogP contribution in [0.15, 0.2) is 18.2 Å². The van der Waals surface area contributed by atoms with E-state index in [0.29, 0.717) is 12.2 Å². The summed E-state index contributed by atoms with van der Waals surface area (Å²) >= 11 is 0. The molecule has 0 amide bonds. The van der Waals surface area contributed by atoms with E-state index in [4.69, 9.17) is 9.47 Å². The highest BCUT2D eigenvalue weighted by atomic mass is 16.5.